The van der Waals surface area contributed by atoms with Gasteiger partial charge in [0.15, 0.2) is 0 Å². The third-order valence-electron chi connectivity index (χ3n) is 5.17. The first-order valence-electron chi connectivity index (χ1n) is 10.0. The second-order valence-electron chi connectivity index (χ2n) is 8.77. The number of carbonyl (C=O) groups excluding carboxylic acids is 1. The summed E-state index contributed by atoms with van der Waals surface area (Å²) in [5.41, 5.74) is 1.45. The molecule has 1 atom stereocenters. The van der Waals surface area contributed by atoms with Crippen molar-refractivity contribution in [2.24, 2.45) is 5.41 Å². The number of fused-ring (bicyclic) bond motifs is 1. The molecule has 5 heteroatoms. The molecule has 27 heavy (non-hydrogen) atoms. The summed E-state index contributed by atoms with van der Waals surface area (Å²) in [5, 5.41) is 13.1. The standard InChI is InChI=1S/C22H32N2O2S/c1-22(2,3)15-24-12-7-6-8-16(24)14-18-17-9-4-5-10-19(17)27-20(18)21(26)23-11-13-25/h4-5,9-10,16,25H,6-8,11-15H2,1-3H3,(H,23,26)/t16-/m1/s1. The highest BCUT2D eigenvalue weighted by Crippen LogP contribution is 2.34. The van der Waals surface area contributed by atoms with Crippen LogP contribution in [0.2, 0.25) is 0 Å². The van der Waals surface area contributed by atoms with Crippen LogP contribution in [-0.4, -0.2) is 48.2 Å². The Morgan fingerprint density at radius 1 is 1.30 bits per heavy atom. The van der Waals surface area contributed by atoms with E-state index in [9.17, 15) is 4.79 Å². The van der Waals surface area contributed by atoms with E-state index in [4.69, 9.17) is 5.11 Å². The van der Waals surface area contributed by atoms with E-state index in [0.29, 0.717) is 12.6 Å². The van der Waals surface area contributed by atoms with E-state index in [2.05, 4.69) is 49.2 Å². The number of amides is 1. The quantitative estimate of drug-likeness (QED) is 0.784. The molecule has 1 aliphatic rings. The van der Waals surface area contributed by atoms with Gasteiger partial charge in [-0.15, -0.1) is 11.3 Å². The summed E-state index contributed by atoms with van der Waals surface area (Å²) in [6.45, 7) is 9.40. The first-order valence-corrected chi connectivity index (χ1v) is 10.8. The maximum Gasteiger partial charge on any atom is 0.261 e. The molecule has 1 saturated heterocycles. The first kappa shape index (κ1) is 20.3. The van der Waals surface area contributed by atoms with Crippen LogP contribution in [0.4, 0.5) is 0 Å². The molecule has 2 aromatic rings. The Kier molecular flexibility index (Phi) is 6.56. The van der Waals surface area contributed by atoms with Crippen molar-refractivity contribution in [1.29, 1.82) is 0 Å². The Hall–Kier alpha value is -1.43. The number of thiophene rings is 1. The Labute approximate surface area is 166 Å². The molecule has 0 radical (unpaired) electrons. The van der Waals surface area contributed by atoms with Crippen LogP contribution in [0.15, 0.2) is 24.3 Å². The number of benzene rings is 1. The molecule has 1 aromatic heterocycles. The number of piperidine rings is 1. The van der Waals surface area contributed by atoms with Gasteiger partial charge in [0.1, 0.15) is 0 Å². The van der Waals surface area contributed by atoms with Crippen LogP contribution in [0, 0.1) is 5.41 Å². The third-order valence-corrected chi connectivity index (χ3v) is 6.38. The van der Waals surface area contributed by atoms with Crippen LogP contribution in [0.5, 0.6) is 0 Å². The zero-order valence-corrected chi connectivity index (χ0v) is 17.6. The molecule has 1 aromatic carbocycles. The van der Waals surface area contributed by atoms with E-state index in [-0.39, 0.29) is 17.9 Å². The molecule has 1 aliphatic heterocycles. The van der Waals surface area contributed by atoms with Gasteiger partial charge in [0.25, 0.3) is 5.91 Å². The minimum Gasteiger partial charge on any atom is -0.395 e. The van der Waals surface area contributed by atoms with Crippen LogP contribution in [0.3, 0.4) is 0 Å². The predicted molar refractivity (Wildman–Crippen MR) is 114 cm³/mol. The van der Waals surface area contributed by atoms with Gasteiger partial charge < -0.3 is 10.4 Å². The molecule has 0 saturated carbocycles. The number of hydrogen-bond donors (Lipinski definition) is 2. The van der Waals surface area contributed by atoms with Crippen molar-refractivity contribution in [2.75, 3.05) is 26.2 Å². The van der Waals surface area contributed by atoms with Gasteiger partial charge in [-0.25, -0.2) is 0 Å². The van der Waals surface area contributed by atoms with Gasteiger partial charge in [-0.2, -0.15) is 0 Å². The molecule has 3 rings (SSSR count). The zero-order chi connectivity index (χ0) is 19.4. The van der Waals surface area contributed by atoms with Gasteiger partial charge in [-0.3, -0.25) is 9.69 Å². The van der Waals surface area contributed by atoms with Crippen LogP contribution in [0.25, 0.3) is 10.1 Å². The summed E-state index contributed by atoms with van der Waals surface area (Å²) in [7, 11) is 0. The van der Waals surface area contributed by atoms with Crippen molar-refractivity contribution < 1.29 is 9.90 Å². The minimum absolute atomic E-state index is 0.0338. The normalized spacial score (nSPS) is 18.7. The fraction of sp³-hybridized carbons (Fsp3) is 0.591. The molecule has 4 nitrogen and oxygen atoms in total. The van der Waals surface area contributed by atoms with Crippen LogP contribution in [0.1, 0.15) is 55.3 Å². The van der Waals surface area contributed by atoms with Crippen molar-refractivity contribution in [3.05, 3.63) is 34.7 Å². The zero-order valence-electron chi connectivity index (χ0n) is 16.8. The van der Waals surface area contributed by atoms with Gasteiger partial charge in [-0.05, 0) is 48.2 Å². The fourth-order valence-corrected chi connectivity index (χ4v) is 5.23. The summed E-state index contributed by atoms with van der Waals surface area (Å²) in [6.07, 6.45) is 4.64. The average molecular weight is 389 g/mol. The molecule has 2 N–H and O–H groups in total. The molecule has 0 bridgehead atoms. The number of aliphatic hydroxyl groups excluding tert-OH is 1. The van der Waals surface area contributed by atoms with Gasteiger partial charge in [0, 0.05) is 23.8 Å². The second kappa shape index (κ2) is 8.72. The largest absolute Gasteiger partial charge is 0.395 e. The summed E-state index contributed by atoms with van der Waals surface area (Å²) >= 11 is 1.57. The van der Waals surface area contributed by atoms with E-state index < -0.39 is 0 Å². The Balaban J connectivity index is 1.90. The lowest BCUT2D eigenvalue weighted by Crippen LogP contribution is -2.45. The highest BCUT2D eigenvalue weighted by molar-refractivity contribution is 7.21. The number of hydrogen-bond acceptors (Lipinski definition) is 4. The SMILES string of the molecule is CC(C)(C)CN1CCCC[C@@H]1Cc1c(C(=O)NCCO)sc2ccccc12. The summed E-state index contributed by atoms with van der Waals surface area (Å²) < 4.78 is 1.17. The van der Waals surface area contributed by atoms with E-state index in [0.717, 1.165) is 24.4 Å². The number of rotatable bonds is 6. The maximum atomic E-state index is 12.7. The van der Waals surface area contributed by atoms with E-state index in [1.165, 1.54) is 34.9 Å². The molecule has 2 heterocycles. The van der Waals surface area contributed by atoms with Gasteiger partial charge >= 0.3 is 0 Å². The number of carbonyl (C=O) groups is 1. The average Bonchev–Trinajstić information content (AvgIpc) is 2.99. The first-order chi connectivity index (χ1) is 12.9. The molecule has 1 fully saturated rings. The third kappa shape index (κ3) is 5.09. The van der Waals surface area contributed by atoms with Crippen molar-refractivity contribution in [2.45, 2.75) is 52.5 Å². The van der Waals surface area contributed by atoms with Crippen molar-refractivity contribution >= 4 is 27.3 Å². The van der Waals surface area contributed by atoms with Gasteiger partial charge in [0.05, 0.1) is 11.5 Å². The molecule has 148 valence electrons. The number of nitrogens with one attached hydrogen (secondary N) is 1. The summed E-state index contributed by atoms with van der Waals surface area (Å²) in [6, 6.07) is 8.81. The van der Waals surface area contributed by atoms with Gasteiger partial charge in [-0.1, -0.05) is 45.4 Å². The Morgan fingerprint density at radius 3 is 2.81 bits per heavy atom. The lowest BCUT2D eigenvalue weighted by Gasteiger charge is -2.39. The molecule has 0 aliphatic carbocycles. The topological polar surface area (TPSA) is 52.6 Å². The molecule has 1 amide bonds. The lowest BCUT2D eigenvalue weighted by atomic mass is 9.89. The summed E-state index contributed by atoms with van der Waals surface area (Å²) in [4.78, 5) is 16.2. The molecular weight excluding hydrogens is 356 g/mol. The van der Waals surface area contributed by atoms with E-state index in [1.54, 1.807) is 11.3 Å². The summed E-state index contributed by atoms with van der Waals surface area (Å²) in [5.74, 6) is -0.0570. The number of likely N-dealkylation sites (tertiary alicyclic amines) is 1. The highest BCUT2D eigenvalue weighted by atomic mass is 32.1. The number of nitrogens with zero attached hydrogens (tertiary/aromatic N) is 1. The number of aliphatic hydroxyl groups is 1. The van der Waals surface area contributed by atoms with Crippen molar-refractivity contribution in [3.63, 3.8) is 0 Å². The molecular formula is C22H32N2O2S. The predicted octanol–water partition coefficient (Wildman–Crippen LogP) is 4.07. The minimum atomic E-state index is -0.0570. The van der Waals surface area contributed by atoms with Crippen LogP contribution in [-0.2, 0) is 6.42 Å². The smallest absolute Gasteiger partial charge is 0.261 e. The fourth-order valence-electron chi connectivity index (χ4n) is 4.08. The monoisotopic (exact) mass is 388 g/mol. The van der Waals surface area contributed by atoms with E-state index in [1.807, 2.05) is 6.07 Å². The maximum absolute atomic E-state index is 12.7. The highest BCUT2D eigenvalue weighted by Gasteiger charge is 2.29. The van der Waals surface area contributed by atoms with Crippen molar-refractivity contribution in [3.8, 4) is 0 Å². The lowest BCUT2D eigenvalue weighted by molar-refractivity contribution is 0.0940. The van der Waals surface area contributed by atoms with Crippen LogP contribution < -0.4 is 5.32 Å². The van der Waals surface area contributed by atoms with Crippen LogP contribution >= 0.6 is 11.3 Å². The van der Waals surface area contributed by atoms with Crippen molar-refractivity contribution in [1.82, 2.24) is 10.2 Å². The Bertz CT molecular complexity index is 778. The molecule has 0 unspecified atom stereocenters. The Morgan fingerprint density at radius 2 is 2.07 bits per heavy atom. The van der Waals surface area contributed by atoms with Gasteiger partial charge in [0.2, 0.25) is 0 Å². The second-order valence-corrected chi connectivity index (χ2v) is 9.82. The molecule has 0 spiro atoms. The van der Waals surface area contributed by atoms with E-state index >= 15 is 0 Å².